The van der Waals surface area contributed by atoms with Crippen LogP contribution in [0, 0.1) is 0 Å². The van der Waals surface area contributed by atoms with E-state index in [1.54, 1.807) is 30.3 Å². The van der Waals surface area contributed by atoms with Crippen LogP contribution in [0.3, 0.4) is 0 Å². The Morgan fingerprint density at radius 1 is 1.10 bits per heavy atom. The Kier molecular flexibility index (Phi) is 4.59. The van der Waals surface area contributed by atoms with Crippen molar-refractivity contribution in [3.8, 4) is 5.75 Å². The van der Waals surface area contributed by atoms with Crippen LogP contribution in [0.4, 0.5) is 0 Å². The summed E-state index contributed by atoms with van der Waals surface area (Å²) in [6.45, 7) is 0. The molecule has 2 rings (SSSR count). The predicted octanol–water partition coefficient (Wildman–Crippen LogP) is 2.71. The van der Waals surface area contributed by atoms with Gasteiger partial charge in [0, 0.05) is 5.56 Å². The van der Waals surface area contributed by atoms with Crippen molar-refractivity contribution in [1.82, 2.24) is 5.32 Å². The first-order valence-corrected chi connectivity index (χ1v) is 6.85. The third kappa shape index (κ3) is 3.61. The Bertz CT molecular complexity index is 673. The molecule has 2 aromatic rings. The van der Waals surface area contributed by atoms with Gasteiger partial charge in [0.05, 0.1) is 4.47 Å². The van der Waals surface area contributed by atoms with Crippen molar-refractivity contribution in [3.63, 3.8) is 0 Å². The van der Waals surface area contributed by atoms with Crippen molar-refractivity contribution in [1.29, 1.82) is 0 Å². The largest absolute Gasteiger partial charge is 0.507 e. The molecule has 1 atom stereocenters. The lowest BCUT2D eigenvalue weighted by Gasteiger charge is -2.15. The molecule has 0 aromatic heterocycles. The van der Waals surface area contributed by atoms with E-state index in [0.29, 0.717) is 10.0 Å². The number of phenolic OH excluding ortho intramolecular Hbond substituents is 1. The van der Waals surface area contributed by atoms with Gasteiger partial charge in [-0.25, -0.2) is 4.79 Å². The maximum atomic E-state index is 12.1. The van der Waals surface area contributed by atoms with Gasteiger partial charge in [-0.3, -0.25) is 4.79 Å². The molecule has 0 spiro atoms. The summed E-state index contributed by atoms with van der Waals surface area (Å²) in [6, 6.07) is 11.5. The van der Waals surface area contributed by atoms with E-state index < -0.39 is 17.9 Å². The number of benzene rings is 2. The van der Waals surface area contributed by atoms with Gasteiger partial charge in [0.2, 0.25) is 0 Å². The van der Waals surface area contributed by atoms with Crippen LogP contribution in [0.25, 0.3) is 0 Å². The molecule has 0 radical (unpaired) electrons. The minimum Gasteiger partial charge on any atom is -0.507 e. The molecule has 6 heteroatoms. The van der Waals surface area contributed by atoms with E-state index >= 15 is 0 Å². The van der Waals surface area contributed by atoms with Crippen LogP contribution < -0.4 is 5.32 Å². The van der Waals surface area contributed by atoms with E-state index in [9.17, 15) is 19.8 Å². The van der Waals surface area contributed by atoms with Gasteiger partial charge in [-0.15, -0.1) is 0 Å². The van der Waals surface area contributed by atoms with Gasteiger partial charge in [0.1, 0.15) is 5.75 Å². The molecule has 21 heavy (non-hydrogen) atoms. The molecule has 0 heterocycles. The lowest BCUT2D eigenvalue weighted by Crippen LogP contribution is -2.33. The first-order valence-electron chi connectivity index (χ1n) is 6.06. The monoisotopic (exact) mass is 349 g/mol. The summed E-state index contributed by atoms with van der Waals surface area (Å²) >= 11 is 3.11. The van der Waals surface area contributed by atoms with Crippen molar-refractivity contribution in [2.24, 2.45) is 0 Å². The molecule has 3 N–H and O–H groups in total. The van der Waals surface area contributed by atoms with E-state index in [0.717, 1.165) is 0 Å². The van der Waals surface area contributed by atoms with Gasteiger partial charge in [0.15, 0.2) is 6.04 Å². The number of rotatable bonds is 4. The molecule has 0 aliphatic heterocycles. The second-order valence-electron chi connectivity index (χ2n) is 4.32. The standard InChI is InChI=1S/C15H12BrNO4/c16-11-7-6-10(8-12(11)18)14(19)17-13(15(20)21)9-4-2-1-3-5-9/h1-8,13,18H,(H,17,19)(H,20,21). The molecule has 1 amide bonds. The van der Waals surface area contributed by atoms with E-state index in [1.165, 1.54) is 18.2 Å². The number of carbonyl (C=O) groups is 2. The van der Waals surface area contributed by atoms with E-state index in [1.807, 2.05) is 0 Å². The fourth-order valence-corrected chi connectivity index (χ4v) is 2.05. The van der Waals surface area contributed by atoms with Gasteiger partial charge in [-0.1, -0.05) is 30.3 Å². The van der Waals surface area contributed by atoms with Crippen molar-refractivity contribution < 1.29 is 19.8 Å². The van der Waals surface area contributed by atoms with Crippen LogP contribution in [-0.4, -0.2) is 22.1 Å². The summed E-state index contributed by atoms with van der Waals surface area (Å²) in [7, 11) is 0. The number of aliphatic carboxylic acids is 1. The van der Waals surface area contributed by atoms with Crippen LogP contribution in [-0.2, 0) is 4.79 Å². The van der Waals surface area contributed by atoms with Crippen molar-refractivity contribution in [3.05, 3.63) is 64.1 Å². The maximum Gasteiger partial charge on any atom is 0.330 e. The van der Waals surface area contributed by atoms with Crippen LogP contribution in [0.15, 0.2) is 53.0 Å². The number of hydrogen-bond acceptors (Lipinski definition) is 3. The Morgan fingerprint density at radius 2 is 1.76 bits per heavy atom. The number of carbonyl (C=O) groups excluding carboxylic acids is 1. The predicted molar refractivity (Wildman–Crippen MR) is 80.1 cm³/mol. The molecule has 2 aromatic carbocycles. The first kappa shape index (κ1) is 15.1. The fraction of sp³-hybridized carbons (Fsp3) is 0.0667. The summed E-state index contributed by atoms with van der Waals surface area (Å²) < 4.78 is 0.455. The van der Waals surface area contributed by atoms with Crippen LogP contribution in [0.2, 0.25) is 0 Å². The lowest BCUT2D eigenvalue weighted by molar-refractivity contribution is -0.139. The van der Waals surface area contributed by atoms with Crippen LogP contribution >= 0.6 is 15.9 Å². The zero-order chi connectivity index (χ0) is 15.4. The highest BCUT2D eigenvalue weighted by molar-refractivity contribution is 9.10. The maximum absolute atomic E-state index is 12.1. The number of nitrogens with one attached hydrogen (secondary N) is 1. The average molecular weight is 350 g/mol. The second-order valence-corrected chi connectivity index (χ2v) is 5.18. The Labute approximate surface area is 129 Å². The molecule has 0 bridgehead atoms. The smallest absolute Gasteiger partial charge is 0.330 e. The minimum absolute atomic E-state index is 0.0887. The van der Waals surface area contributed by atoms with Gasteiger partial charge < -0.3 is 15.5 Å². The van der Waals surface area contributed by atoms with Crippen LogP contribution in [0.5, 0.6) is 5.75 Å². The molecule has 0 saturated carbocycles. The molecule has 1 unspecified atom stereocenters. The number of halogens is 1. The topological polar surface area (TPSA) is 86.6 Å². The molecule has 108 valence electrons. The lowest BCUT2D eigenvalue weighted by atomic mass is 10.1. The van der Waals surface area contributed by atoms with E-state index in [4.69, 9.17) is 0 Å². The van der Waals surface area contributed by atoms with E-state index in [2.05, 4.69) is 21.2 Å². The van der Waals surface area contributed by atoms with Crippen LogP contribution in [0.1, 0.15) is 22.0 Å². The Morgan fingerprint density at radius 3 is 2.33 bits per heavy atom. The average Bonchev–Trinajstić information content (AvgIpc) is 2.48. The number of amides is 1. The summed E-state index contributed by atoms with van der Waals surface area (Å²) in [5.74, 6) is -1.82. The summed E-state index contributed by atoms with van der Waals surface area (Å²) in [6.07, 6.45) is 0. The molecular weight excluding hydrogens is 338 g/mol. The summed E-state index contributed by atoms with van der Waals surface area (Å²) in [5.41, 5.74) is 0.651. The Balaban J connectivity index is 2.23. The zero-order valence-corrected chi connectivity index (χ0v) is 12.4. The number of carboxylic acids is 1. The van der Waals surface area contributed by atoms with Crippen molar-refractivity contribution in [2.45, 2.75) is 6.04 Å². The van der Waals surface area contributed by atoms with Gasteiger partial charge in [-0.2, -0.15) is 0 Å². The van der Waals surface area contributed by atoms with Crippen molar-refractivity contribution >= 4 is 27.8 Å². The molecular formula is C15H12BrNO4. The number of aromatic hydroxyl groups is 1. The van der Waals surface area contributed by atoms with Gasteiger partial charge in [0.25, 0.3) is 5.91 Å². The summed E-state index contributed by atoms with van der Waals surface area (Å²) in [4.78, 5) is 23.4. The number of carboxylic acid groups (broad SMARTS) is 1. The van der Waals surface area contributed by atoms with Gasteiger partial charge >= 0.3 is 5.97 Å². The first-order chi connectivity index (χ1) is 9.99. The molecule has 0 aliphatic rings. The van der Waals surface area contributed by atoms with E-state index in [-0.39, 0.29) is 11.3 Å². The Hall–Kier alpha value is -2.34. The molecule has 0 fully saturated rings. The third-order valence-electron chi connectivity index (χ3n) is 2.86. The van der Waals surface area contributed by atoms with Gasteiger partial charge in [-0.05, 0) is 39.7 Å². The normalized spacial score (nSPS) is 11.7. The quantitative estimate of drug-likeness (QED) is 0.791. The highest BCUT2D eigenvalue weighted by Gasteiger charge is 2.22. The molecule has 5 nitrogen and oxygen atoms in total. The number of hydrogen-bond donors (Lipinski definition) is 3. The van der Waals surface area contributed by atoms with Crippen molar-refractivity contribution in [2.75, 3.05) is 0 Å². The fourth-order valence-electron chi connectivity index (χ4n) is 1.80. The SMILES string of the molecule is O=C(NC(C(=O)O)c1ccccc1)c1ccc(Br)c(O)c1. The highest BCUT2D eigenvalue weighted by Crippen LogP contribution is 2.24. The third-order valence-corrected chi connectivity index (χ3v) is 3.53. The highest BCUT2D eigenvalue weighted by atomic mass is 79.9. The zero-order valence-electron chi connectivity index (χ0n) is 10.8. The minimum atomic E-state index is -1.16. The summed E-state index contributed by atoms with van der Waals surface area (Å²) in [5, 5.41) is 21.2. The number of phenols is 1. The second kappa shape index (κ2) is 6.41. The molecule has 0 aliphatic carbocycles. The molecule has 0 saturated heterocycles.